The predicted molar refractivity (Wildman–Crippen MR) is 93.9 cm³/mol. The second-order valence-electron chi connectivity index (χ2n) is 6.86. The van der Waals surface area contributed by atoms with Crippen LogP contribution in [0.3, 0.4) is 0 Å². The summed E-state index contributed by atoms with van der Waals surface area (Å²) in [6.07, 6.45) is 1.47. The number of hydrogen-bond acceptors (Lipinski definition) is 1. The summed E-state index contributed by atoms with van der Waals surface area (Å²) in [6, 6.07) is 15.0. The van der Waals surface area contributed by atoms with Crippen LogP contribution in [0.25, 0.3) is 10.8 Å². The first-order valence-corrected chi connectivity index (χ1v) is 8.23. The van der Waals surface area contributed by atoms with Crippen molar-refractivity contribution >= 4 is 16.7 Å². The van der Waals surface area contributed by atoms with Crippen molar-refractivity contribution < 1.29 is 4.79 Å². The van der Waals surface area contributed by atoms with Crippen molar-refractivity contribution in [3.8, 4) is 0 Å². The van der Waals surface area contributed by atoms with Crippen molar-refractivity contribution in [1.82, 2.24) is 5.32 Å². The van der Waals surface area contributed by atoms with E-state index in [2.05, 4.69) is 75.5 Å². The molecule has 0 saturated heterocycles. The molecular weight excluding hydrogens is 270 g/mol. The van der Waals surface area contributed by atoms with Gasteiger partial charge in [0.2, 0.25) is 5.91 Å². The van der Waals surface area contributed by atoms with Gasteiger partial charge in [-0.05, 0) is 34.6 Å². The van der Waals surface area contributed by atoms with E-state index in [4.69, 9.17) is 0 Å². The van der Waals surface area contributed by atoms with Crippen molar-refractivity contribution in [3.05, 3.63) is 48.0 Å². The number of benzene rings is 2. The highest BCUT2D eigenvalue weighted by Crippen LogP contribution is 2.21. The van der Waals surface area contributed by atoms with Gasteiger partial charge in [-0.25, -0.2) is 0 Å². The summed E-state index contributed by atoms with van der Waals surface area (Å²) in [5.41, 5.74) is 1.31. The van der Waals surface area contributed by atoms with Gasteiger partial charge >= 0.3 is 0 Å². The first kappa shape index (κ1) is 16.5. The molecule has 1 amide bonds. The average Bonchev–Trinajstić information content (AvgIpc) is 2.46. The molecule has 0 aromatic heterocycles. The zero-order valence-corrected chi connectivity index (χ0v) is 14.1. The minimum absolute atomic E-state index is 0.161. The second-order valence-corrected chi connectivity index (χ2v) is 6.86. The second kappa shape index (κ2) is 7.44. The average molecular weight is 297 g/mol. The van der Waals surface area contributed by atoms with Gasteiger partial charge in [0.25, 0.3) is 0 Å². The fourth-order valence-electron chi connectivity index (χ4n) is 2.80. The molecule has 0 heterocycles. The third kappa shape index (κ3) is 4.33. The highest BCUT2D eigenvalue weighted by Gasteiger charge is 2.18. The van der Waals surface area contributed by atoms with Crippen LogP contribution < -0.4 is 5.32 Å². The zero-order chi connectivity index (χ0) is 16.1. The lowest BCUT2D eigenvalue weighted by Gasteiger charge is -2.24. The zero-order valence-electron chi connectivity index (χ0n) is 14.1. The Morgan fingerprint density at radius 1 is 1.00 bits per heavy atom. The lowest BCUT2D eigenvalue weighted by molar-refractivity contribution is -0.122. The summed E-state index contributed by atoms with van der Waals surface area (Å²) in [7, 11) is 0. The predicted octanol–water partition coefficient (Wildman–Crippen LogP) is 4.57. The van der Waals surface area contributed by atoms with Gasteiger partial charge in [0.05, 0.1) is 0 Å². The Labute approximate surface area is 133 Å². The fourth-order valence-corrected chi connectivity index (χ4v) is 2.80. The molecule has 2 nitrogen and oxygen atoms in total. The molecule has 0 radical (unpaired) electrons. The van der Waals surface area contributed by atoms with Crippen LogP contribution in [0.4, 0.5) is 0 Å². The monoisotopic (exact) mass is 297 g/mol. The number of carbonyl (C=O) groups excluding carboxylic acids is 1. The highest BCUT2D eigenvalue weighted by molar-refractivity contribution is 5.85. The van der Waals surface area contributed by atoms with Crippen molar-refractivity contribution in [2.24, 2.45) is 11.8 Å². The molecule has 0 unspecified atom stereocenters. The summed E-state index contributed by atoms with van der Waals surface area (Å²) >= 11 is 0. The van der Waals surface area contributed by atoms with Crippen LogP contribution in [0.2, 0.25) is 0 Å². The van der Waals surface area contributed by atoms with Crippen molar-refractivity contribution in [2.75, 3.05) is 0 Å². The third-order valence-corrected chi connectivity index (χ3v) is 4.06. The van der Waals surface area contributed by atoms with Crippen LogP contribution in [0.1, 0.15) is 39.7 Å². The Bertz CT molecular complexity index is 625. The molecule has 0 fully saturated rings. The summed E-state index contributed by atoms with van der Waals surface area (Å²) in [4.78, 5) is 12.1. The minimum atomic E-state index is 0.161. The number of amides is 1. The molecule has 2 rings (SSSR count). The Hall–Kier alpha value is -1.83. The maximum atomic E-state index is 12.1. The summed E-state index contributed by atoms with van der Waals surface area (Å²) < 4.78 is 0. The number of hydrogen-bond donors (Lipinski definition) is 1. The quantitative estimate of drug-likeness (QED) is 0.831. The molecule has 118 valence electrons. The smallest absolute Gasteiger partial charge is 0.220 e. The molecule has 1 atom stereocenters. The van der Waals surface area contributed by atoms with E-state index in [1.807, 2.05) is 0 Å². The molecule has 0 aliphatic carbocycles. The SMILES string of the molecule is CC(C)CC(=O)N[C@@H](Cc1cccc2ccccc12)C(C)C. The summed E-state index contributed by atoms with van der Waals surface area (Å²) in [5.74, 6) is 0.967. The van der Waals surface area contributed by atoms with Gasteiger partial charge in [-0.15, -0.1) is 0 Å². The molecule has 2 heteroatoms. The van der Waals surface area contributed by atoms with Crippen LogP contribution in [0, 0.1) is 11.8 Å². The molecule has 1 N–H and O–H groups in total. The maximum Gasteiger partial charge on any atom is 0.220 e. The normalized spacial score (nSPS) is 12.8. The topological polar surface area (TPSA) is 29.1 Å². The van der Waals surface area contributed by atoms with Gasteiger partial charge in [-0.2, -0.15) is 0 Å². The van der Waals surface area contributed by atoms with E-state index in [9.17, 15) is 4.79 Å². The first-order chi connectivity index (χ1) is 10.5. The standard InChI is InChI=1S/C20H27NO/c1-14(2)12-20(22)21-19(15(3)4)13-17-10-7-9-16-8-5-6-11-18(16)17/h5-11,14-15,19H,12-13H2,1-4H3,(H,21,22)/t19-/m0/s1. The van der Waals surface area contributed by atoms with Gasteiger partial charge in [0.15, 0.2) is 0 Å². The Kier molecular flexibility index (Phi) is 5.59. The molecule has 0 spiro atoms. The molecule has 2 aromatic carbocycles. The molecule has 0 saturated carbocycles. The van der Waals surface area contributed by atoms with E-state index in [0.717, 1.165) is 6.42 Å². The molecular formula is C20H27NO. The largest absolute Gasteiger partial charge is 0.353 e. The van der Waals surface area contributed by atoms with Crippen LogP contribution >= 0.6 is 0 Å². The van der Waals surface area contributed by atoms with E-state index in [-0.39, 0.29) is 11.9 Å². The fraction of sp³-hybridized carbons (Fsp3) is 0.450. The Morgan fingerprint density at radius 2 is 1.68 bits per heavy atom. The van der Waals surface area contributed by atoms with Crippen LogP contribution in [-0.2, 0) is 11.2 Å². The number of nitrogens with one attached hydrogen (secondary N) is 1. The molecule has 0 aliphatic rings. The molecule has 0 bridgehead atoms. The minimum Gasteiger partial charge on any atom is -0.353 e. The van der Waals surface area contributed by atoms with E-state index in [1.54, 1.807) is 0 Å². The molecule has 2 aromatic rings. The van der Waals surface area contributed by atoms with Gasteiger partial charge in [-0.3, -0.25) is 4.79 Å². The maximum absolute atomic E-state index is 12.1. The van der Waals surface area contributed by atoms with Crippen LogP contribution in [0.15, 0.2) is 42.5 Å². The van der Waals surface area contributed by atoms with Gasteiger partial charge in [0, 0.05) is 12.5 Å². The van der Waals surface area contributed by atoms with Crippen molar-refractivity contribution in [1.29, 1.82) is 0 Å². The Morgan fingerprint density at radius 3 is 2.36 bits per heavy atom. The third-order valence-electron chi connectivity index (χ3n) is 4.06. The van der Waals surface area contributed by atoms with Gasteiger partial charge in [-0.1, -0.05) is 70.2 Å². The van der Waals surface area contributed by atoms with Crippen molar-refractivity contribution in [2.45, 2.75) is 46.6 Å². The summed E-state index contributed by atoms with van der Waals surface area (Å²) in [5, 5.41) is 5.77. The number of rotatable bonds is 6. The van der Waals surface area contributed by atoms with Gasteiger partial charge in [0.1, 0.15) is 0 Å². The lowest BCUT2D eigenvalue weighted by Crippen LogP contribution is -2.40. The Balaban J connectivity index is 2.18. The first-order valence-electron chi connectivity index (χ1n) is 8.23. The van der Waals surface area contributed by atoms with E-state index >= 15 is 0 Å². The van der Waals surface area contributed by atoms with E-state index < -0.39 is 0 Å². The summed E-state index contributed by atoms with van der Waals surface area (Å²) in [6.45, 7) is 8.50. The van der Waals surface area contributed by atoms with Crippen LogP contribution in [-0.4, -0.2) is 11.9 Å². The molecule has 22 heavy (non-hydrogen) atoms. The van der Waals surface area contributed by atoms with Crippen molar-refractivity contribution in [3.63, 3.8) is 0 Å². The van der Waals surface area contributed by atoms with Crippen LogP contribution in [0.5, 0.6) is 0 Å². The highest BCUT2D eigenvalue weighted by atomic mass is 16.1. The lowest BCUT2D eigenvalue weighted by atomic mass is 9.93. The van der Waals surface area contributed by atoms with Gasteiger partial charge < -0.3 is 5.32 Å². The number of fused-ring (bicyclic) bond motifs is 1. The van der Waals surface area contributed by atoms with E-state index in [0.29, 0.717) is 18.3 Å². The van der Waals surface area contributed by atoms with E-state index in [1.165, 1.54) is 16.3 Å². The molecule has 0 aliphatic heterocycles. The number of carbonyl (C=O) groups is 1.